The fourth-order valence-electron chi connectivity index (χ4n) is 2.00. The van der Waals surface area contributed by atoms with Gasteiger partial charge in [0.25, 0.3) is 0 Å². The van der Waals surface area contributed by atoms with Crippen molar-refractivity contribution in [1.29, 1.82) is 0 Å². The zero-order valence-corrected chi connectivity index (χ0v) is 13.4. The number of hydrogen-bond acceptors (Lipinski definition) is 4. The molecule has 2 aromatic carbocycles. The van der Waals surface area contributed by atoms with Crippen molar-refractivity contribution in [2.24, 2.45) is 0 Å². The molecule has 4 heteroatoms. The Balaban J connectivity index is 1.72. The van der Waals surface area contributed by atoms with Gasteiger partial charge in [-0.25, -0.2) is 4.98 Å². The van der Waals surface area contributed by atoms with Gasteiger partial charge >= 0.3 is 0 Å². The number of thiazole rings is 1. The third-order valence-corrected chi connectivity index (χ3v) is 5.16. The van der Waals surface area contributed by atoms with E-state index in [0.29, 0.717) is 0 Å². The summed E-state index contributed by atoms with van der Waals surface area (Å²) in [4.78, 5) is 5.83. The third kappa shape index (κ3) is 3.46. The van der Waals surface area contributed by atoms with Gasteiger partial charge in [0, 0.05) is 27.3 Å². The number of aromatic nitrogens is 1. The molecule has 0 unspecified atom stereocenters. The number of nitrogens with two attached hydrogens (primary N) is 1. The number of nitrogens with zero attached hydrogens (tertiary/aromatic N) is 1. The van der Waals surface area contributed by atoms with Gasteiger partial charge in [0.2, 0.25) is 0 Å². The van der Waals surface area contributed by atoms with Crippen molar-refractivity contribution < 1.29 is 0 Å². The van der Waals surface area contributed by atoms with Crippen molar-refractivity contribution in [1.82, 2.24) is 4.98 Å². The highest BCUT2D eigenvalue weighted by Gasteiger charge is 2.06. The largest absolute Gasteiger partial charge is 0.398 e. The standard InChI is InChI=1S/C17H16N2S2/c1-12-7-8-15(18)16(9-12)20-10-14-11-21-17(19-14)13-5-3-2-4-6-13/h2-9,11H,10,18H2,1H3. The Labute approximate surface area is 133 Å². The average molecular weight is 312 g/mol. The highest BCUT2D eigenvalue weighted by atomic mass is 32.2. The van der Waals surface area contributed by atoms with Crippen LogP contribution in [0.5, 0.6) is 0 Å². The molecule has 21 heavy (non-hydrogen) atoms. The average Bonchev–Trinajstić information content (AvgIpc) is 2.98. The summed E-state index contributed by atoms with van der Waals surface area (Å²) in [5.74, 6) is 0.844. The lowest BCUT2D eigenvalue weighted by atomic mass is 10.2. The second kappa shape index (κ2) is 6.33. The minimum absolute atomic E-state index is 0.837. The lowest BCUT2D eigenvalue weighted by Crippen LogP contribution is -1.90. The van der Waals surface area contributed by atoms with E-state index < -0.39 is 0 Å². The lowest BCUT2D eigenvalue weighted by Gasteiger charge is -2.05. The van der Waals surface area contributed by atoms with Gasteiger partial charge in [-0.3, -0.25) is 0 Å². The molecule has 2 nitrogen and oxygen atoms in total. The van der Waals surface area contributed by atoms with Gasteiger partial charge in [-0.2, -0.15) is 0 Å². The number of anilines is 1. The normalized spacial score (nSPS) is 10.7. The Hall–Kier alpha value is -1.78. The molecular weight excluding hydrogens is 296 g/mol. The summed E-state index contributed by atoms with van der Waals surface area (Å²) >= 11 is 3.43. The van der Waals surface area contributed by atoms with E-state index in [9.17, 15) is 0 Å². The number of hydrogen-bond donors (Lipinski definition) is 1. The quantitative estimate of drug-likeness (QED) is 0.544. The van der Waals surface area contributed by atoms with Gasteiger partial charge in [-0.15, -0.1) is 23.1 Å². The molecule has 1 heterocycles. The molecule has 0 spiro atoms. The first-order chi connectivity index (χ1) is 10.2. The zero-order valence-electron chi connectivity index (χ0n) is 11.7. The van der Waals surface area contributed by atoms with Crippen LogP contribution in [-0.4, -0.2) is 4.98 Å². The maximum Gasteiger partial charge on any atom is 0.123 e. The first-order valence-electron chi connectivity index (χ1n) is 6.71. The molecule has 3 rings (SSSR count). The number of rotatable bonds is 4. The van der Waals surface area contributed by atoms with Crippen molar-refractivity contribution in [3.05, 3.63) is 65.2 Å². The molecule has 0 amide bonds. The van der Waals surface area contributed by atoms with Crippen LogP contribution in [0.25, 0.3) is 10.6 Å². The van der Waals surface area contributed by atoms with Crippen LogP contribution in [0.4, 0.5) is 5.69 Å². The van der Waals surface area contributed by atoms with Crippen LogP contribution in [0.1, 0.15) is 11.3 Å². The summed E-state index contributed by atoms with van der Waals surface area (Å²) in [7, 11) is 0. The second-order valence-electron chi connectivity index (χ2n) is 4.84. The maximum absolute atomic E-state index is 6.01. The van der Waals surface area contributed by atoms with Crippen LogP contribution in [0.2, 0.25) is 0 Å². The molecule has 1 aromatic heterocycles. The van der Waals surface area contributed by atoms with Crippen molar-refractivity contribution >= 4 is 28.8 Å². The van der Waals surface area contributed by atoms with Crippen molar-refractivity contribution in [2.75, 3.05) is 5.73 Å². The number of thioether (sulfide) groups is 1. The molecule has 0 atom stereocenters. The smallest absolute Gasteiger partial charge is 0.123 e. The van der Waals surface area contributed by atoms with E-state index in [2.05, 4.69) is 30.5 Å². The minimum Gasteiger partial charge on any atom is -0.398 e. The van der Waals surface area contributed by atoms with E-state index in [1.54, 1.807) is 23.1 Å². The molecule has 0 saturated heterocycles. The molecule has 106 valence electrons. The maximum atomic E-state index is 6.01. The Morgan fingerprint density at radius 3 is 2.76 bits per heavy atom. The van der Waals surface area contributed by atoms with Crippen molar-refractivity contribution in [3.8, 4) is 10.6 Å². The van der Waals surface area contributed by atoms with Gasteiger partial charge in [0.05, 0.1) is 5.69 Å². The summed E-state index contributed by atoms with van der Waals surface area (Å²) in [6, 6.07) is 16.4. The summed E-state index contributed by atoms with van der Waals surface area (Å²) in [5.41, 5.74) is 10.4. The molecule has 2 N–H and O–H groups in total. The molecule has 0 saturated carbocycles. The van der Waals surface area contributed by atoms with E-state index in [1.807, 2.05) is 30.3 Å². The van der Waals surface area contributed by atoms with Crippen LogP contribution in [0.15, 0.2) is 58.8 Å². The van der Waals surface area contributed by atoms with Gasteiger partial charge in [0.15, 0.2) is 0 Å². The van der Waals surface area contributed by atoms with E-state index in [0.717, 1.165) is 27.0 Å². The topological polar surface area (TPSA) is 38.9 Å². The predicted octanol–water partition coefficient (Wildman–Crippen LogP) is 4.99. The molecule has 0 aliphatic rings. The molecule has 0 bridgehead atoms. The van der Waals surface area contributed by atoms with Gasteiger partial charge in [-0.05, 0) is 24.6 Å². The van der Waals surface area contributed by atoms with Crippen molar-refractivity contribution in [2.45, 2.75) is 17.6 Å². The zero-order chi connectivity index (χ0) is 14.7. The second-order valence-corrected chi connectivity index (χ2v) is 6.72. The molecule has 0 fully saturated rings. The van der Waals surface area contributed by atoms with Gasteiger partial charge < -0.3 is 5.73 Å². The fraction of sp³-hybridized carbons (Fsp3) is 0.118. The Kier molecular flexibility index (Phi) is 4.27. The van der Waals surface area contributed by atoms with E-state index >= 15 is 0 Å². The highest BCUT2D eigenvalue weighted by Crippen LogP contribution is 2.31. The molecule has 0 aliphatic carbocycles. The number of benzene rings is 2. The van der Waals surface area contributed by atoms with E-state index in [4.69, 9.17) is 10.7 Å². The van der Waals surface area contributed by atoms with Gasteiger partial charge in [-0.1, -0.05) is 36.4 Å². The summed E-state index contributed by atoms with van der Waals surface area (Å²) < 4.78 is 0. The Morgan fingerprint density at radius 2 is 1.95 bits per heavy atom. The summed E-state index contributed by atoms with van der Waals surface area (Å²) in [6.45, 7) is 2.08. The fourth-order valence-corrected chi connectivity index (χ4v) is 3.89. The molecule has 0 aliphatic heterocycles. The lowest BCUT2D eigenvalue weighted by molar-refractivity contribution is 1.23. The van der Waals surface area contributed by atoms with Crippen LogP contribution < -0.4 is 5.73 Å². The molecular formula is C17H16N2S2. The van der Waals surface area contributed by atoms with Crippen LogP contribution in [-0.2, 0) is 5.75 Å². The van der Waals surface area contributed by atoms with E-state index in [-0.39, 0.29) is 0 Å². The van der Waals surface area contributed by atoms with Crippen LogP contribution in [0.3, 0.4) is 0 Å². The SMILES string of the molecule is Cc1ccc(N)c(SCc2csc(-c3ccccc3)n2)c1. The Bertz CT molecular complexity index is 736. The van der Waals surface area contributed by atoms with Crippen LogP contribution in [0, 0.1) is 6.92 Å². The first-order valence-corrected chi connectivity index (χ1v) is 8.57. The van der Waals surface area contributed by atoms with E-state index in [1.165, 1.54) is 11.1 Å². The number of aryl methyl sites for hydroxylation is 1. The third-order valence-electron chi connectivity index (χ3n) is 3.12. The first kappa shape index (κ1) is 14.2. The van der Waals surface area contributed by atoms with Crippen molar-refractivity contribution in [3.63, 3.8) is 0 Å². The summed E-state index contributed by atoms with van der Waals surface area (Å²) in [6.07, 6.45) is 0. The van der Waals surface area contributed by atoms with Crippen LogP contribution >= 0.6 is 23.1 Å². The predicted molar refractivity (Wildman–Crippen MR) is 92.7 cm³/mol. The minimum atomic E-state index is 0.837. The van der Waals surface area contributed by atoms with Gasteiger partial charge in [0.1, 0.15) is 5.01 Å². The summed E-state index contributed by atoms with van der Waals surface area (Å²) in [5, 5.41) is 3.20. The molecule has 3 aromatic rings. The molecule has 0 radical (unpaired) electrons. The Morgan fingerprint density at radius 1 is 1.14 bits per heavy atom. The number of nitrogen functional groups attached to an aromatic ring is 1. The monoisotopic (exact) mass is 312 g/mol. The highest BCUT2D eigenvalue weighted by molar-refractivity contribution is 7.98.